The highest BCUT2D eigenvalue weighted by Gasteiger charge is 2.14. The Bertz CT molecular complexity index is 938. The molecule has 0 aliphatic carbocycles. The van der Waals surface area contributed by atoms with Crippen LogP contribution < -0.4 is 5.32 Å². The number of nitrogens with zero attached hydrogens (tertiary/aromatic N) is 3. The van der Waals surface area contributed by atoms with Gasteiger partial charge in [-0.1, -0.05) is 6.07 Å². The average Bonchev–Trinajstić information content (AvgIpc) is 3.19. The van der Waals surface area contributed by atoms with Gasteiger partial charge in [0.25, 0.3) is 5.91 Å². The zero-order valence-electron chi connectivity index (χ0n) is 11.5. The molecule has 0 atom stereocenters. The van der Waals surface area contributed by atoms with Gasteiger partial charge in [0, 0.05) is 36.4 Å². The fourth-order valence-electron chi connectivity index (χ4n) is 2.30. The van der Waals surface area contributed by atoms with Crippen molar-refractivity contribution in [3.8, 4) is 0 Å². The van der Waals surface area contributed by atoms with Crippen LogP contribution in [0.25, 0.3) is 15.3 Å². The van der Waals surface area contributed by atoms with Gasteiger partial charge in [-0.2, -0.15) is 0 Å². The summed E-state index contributed by atoms with van der Waals surface area (Å²) in [4.78, 5) is 23.5. The van der Waals surface area contributed by atoms with E-state index in [1.165, 1.54) is 11.3 Å². The number of hydrogen-bond donors (Lipinski definition) is 1. The van der Waals surface area contributed by atoms with Crippen LogP contribution in [-0.2, 0) is 6.42 Å². The highest BCUT2D eigenvalue weighted by Crippen LogP contribution is 2.28. The van der Waals surface area contributed by atoms with Crippen LogP contribution in [0.15, 0.2) is 42.0 Å². The number of carbonyl (C=O) groups is 1. The van der Waals surface area contributed by atoms with Gasteiger partial charge < -0.3 is 5.32 Å². The van der Waals surface area contributed by atoms with E-state index in [0.29, 0.717) is 11.4 Å². The molecule has 0 aliphatic heterocycles. The Hall–Kier alpha value is -2.25. The molecule has 0 aromatic carbocycles. The molecule has 0 fully saturated rings. The Balaban J connectivity index is 1.46. The summed E-state index contributed by atoms with van der Waals surface area (Å²) in [5.74, 6) is -0.0529. The summed E-state index contributed by atoms with van der Waals surface area (Å²) in [7, 11) is 0. The number of nitrogens with one attached hydrogen (secondary N) is 1. The summed E-state index contributed by atoms with van der Waals surface area (Å²) < 4.78 is 2.02. The van der Waals surface area contributed by atoms with Crippen LogP contribution in [0.2, 0.25) is 0 Å². The predicted octanol–water partition coefficient (Wildman–Crippen LogP) is 2.98. The number of thiophene rings is 1. The molecule has 0 radical (unpaired) electrons. The number of thiazole rings is 1. The molecule has 1 N–H and O–H groups in total. The maximum absolute atomic E-state index is 12.2. The molecule has 0 aliphatic rings. The Labute approximate surface area is 134 Å². The largest absolute Gasteiger partial charge is 0.351 e. The first-order valence-corrected chi connectivity index (χ1v) is 8.54. The number of amides is 1. The molecule has 4 aromatic heterocycles. The summed E-state index contributed by atoms with van der Waals surface area (Å²) in [5.41, 5.74) is 1.97. The van der Waals surface area contributed by atoms with Crippen molar-refractivity contribution in [2.75, 3.05) is 6.54 Å². The average molecular weight is 328 g/mol. The Morgan fingerprint density at radius 3 is 3.18 bits per heavy atom. The van der Waals surface area contributed by atoms with E-state index in [-0.39, 0.29) is 5.91 Å². The first-order valence-electron chi connectivity index (χ1n) is 6.84. The van der Waals surface area contributed by atoms with Gasteiger partial charge in [-0.05, 0) is 18.2 Å². The van der Waals surface area contributed by atoms with Crippen LogP contribution in [0.1, 0.15) is 15.4 Å². The van der Waals surface area contributed by atoms with E-state index >= 15 is 0 Å². The summed E-state index contributed by atoms with van der Waals surface area (Å²) in [6.45, 7) is 0.576. The highest BCUT2D eigenvalue weighted by molar-refractivity contribution is 7.21. The zero-order valence-corrected chi connectivity index (χ0v) is 13.2. The van der Waals surface area contributed by atoms with Crippen LogP contribution in [-0.4, -0.2) is 26.8 Å². The van der Waals surface area contributed by atoms with Crippen LogP contribution in [0.4, 0.5) is 0 Å². The quantitative estimate of drug-likeness (QED) is 0.626. The number of aromatic nitrogens is 3. The lowest BCUT2D eigenvalue weighted by Crippen LogP contribution is -2.25. The summed E-state index contributed by atoms with van der Waals surface area (Å²) >= 11 is 3.02. The van der Waals surface area contributed by atoms with Crippen molar-refractivity contribution in [1.29, 1.82) is 0 Å². The Kier molecular flexibility index (Phi) is 3.36. The van der Waals surface area contributed by atoms with Crippen LogP contribution in [0.3, 0.4) is 0 Å². The maximum Gasteiger partial charge on any atom is 0.261 e. The van der Waals surface area contributed by atoms with Crippen molar-refractivity contribution in [2.45, 2.75) is 6.42 Å². The number of pyridine rings is 1. The molecule has 1 amide bonds. The standard InChI is InChI=1S/C15H12N4OS2/c20-13(17-6-4-10-3-1-2-5-16-10)12-9-11-14(22-12)18-15-19(11)7-8-21-15/h1-3,5,7-9H,4,6H2,(H,17,20). The minimum absolute atomic E-state index is 0.0529. The van der Waals surface area contributed by atoms with E-state index in [1.807, 2.05) is 40.2 Å². The summed E-state index contributed by atoms with van der Waals surface area (Å²) in [6, 6.07) is 7.70. The molecule has 4 aromatic rings. The lowest BCUT2D eigenvalue weighted by Gasteiger charge is -2.02. The third kappa shape index (κ3) is 2.38. The van der Waals surface area contributed by atoms with E-state index in [0.717, 1.165) is 27.4 Å². The normalized spacial score (nSPS) is 11.3. The number of imidazole rings is 1. The lowest BCUT2D eigenvalue weighted by atomic mass is 10.2. The van der Waals surface area contributed by atoms with Crippen molar-refractivity contribution in [2.24, 2.45) is 0 Å². The maximum atomic E-state index is 12.2. The van der Waals surface area contributed by atoms with Gasteiger partial charge in [-0.15, -0.1) is 22.7 Å². The second-order valence-corrected chi connectivity index (χ2v) is 6.70. The molecule has 4 heterocycles. The topological polar surface area (TPSA) is 59.3 Å². The van der Waals surface area contributed by atoms with Crippen LogP contribution in [0.5, 0.6) is 0 Å². The van der Waals surface area contributed by atoms with Crippen LogP contribution in [0, 0.1) is 0 Å². The van der Waals surface area contributed by atoms with E-state index < -0.39 is 0 Å². The first kappa shape index (κ1) is 13.4. The van der Waals surface area contributed by atoms with Crippen molar-refractivity contribution >= 4 is 43.9 Å². The van der Waals surface area contributed by atoms with E-state index in [2.05, 4.69) is 15.3 Å². The third-order valence-corrected chi connectivity index (χ3v) is 5.13. The van der Waals surface area contributed by atoms with Gasteiger partial charge >= 0.3 is 0 Å². The van der Waals surface area contributed by atoms with Gasteiger partial charge in [-0.25, -0.2) is 4.98 Å². The van der Waals surface area contributed by atoms with Gasteiger partial charge in [-0.3, -0.25) is 14.2 Å². The smallest absolute Gasteiger partial charge is 0.261 e. The summed E-state index contributed by atoms with van der Waals surface area (Å²) in [5, 5.41) is 4.93. The molecule has 0 saturated carbocycles. The fourth-order valence-corrected chi connectivity index (χ4v) is 4.01. The van der Waals surface area contributed by atoms with Crippen molar-refractivity contribution in [1.82, 2.24) is 19.7 Å². The van der Waals surface area contributed by atoms with Gasteiger partial charge in [0.2, 0.25) is 0 Å². The second kappa shape index (κ2) is 5.51. The Morgan fingerprint density at radius 2 is 2.32 bits per heavy atom. The molecule has 110 valence electrons. The molecule has 7 heteroatoms. The lowest BCUT2D eigenvalue weighted by molar-refractivity contribution is 0.0958. The number of fused-ring (bicyclic) bond motifs is 3. The molecular formula is C15H12N4OS2. The van der Waals surface area contributed by atoms with Gasteiger partial charge in [0.1, 0.15) is 4.83 Å². The van der Waals surface area contributed by atoms with Gasteiger partial charge in [0.05, 0.1) is 10.4 Å². The minimum atomic E-state index is -0.0529. The van der Waals surface area contributed by atoms with Crippen molar-refractivity contribution in [3.05, 3.63) is 52.6 Å². The van der Waals surface area contributed by atoms with Crippen LogP contribution >= 0.6 is 22.7 Å². The van der Waals surface area contributed by atoms with Crippen molar-refractivity contribution in [3.63, 3.8) is 0 Å². The first-order chi connectivity index (χ1) is 10.8. The second-order valence-electron chi connectivity index (χ2n) is 4.80. The number of hydrogen-bond acceptors (Lipinski definition) is 5. The van der Waals surface area contributed by atoms with Crippen molar-refractivity contribution < 1.29 is 4.79 Å². The molecule has 0 spiro atoms. The Morgan fingerprint density at radius 1 is 1.36 bits per heavy atom. The molecular weight excluding hydrogens is 316 g/mol. The summed E-state index contributed by atoms with van der Waals surface area (Å²) in [6.07, 6.45) is 4.47. The van der Waals surface area contributed by atoms with Gasteiger partial charge in [0.15, 0.2) is 4.96 Å². The molecule has 0 unspecified atom stereocenters. The molecule has 0 bridgehead atoms. The van der Waals surface area contributed by atoms with E-state index in [1.54, 1.807) is 17.5 Å². The van der Waals surface area contributed by atoms with E-state index in [4.69, 9.17) is 0 Å². The molecule has 4 rings (SSSR count). The highest BCUT2D eigenvalue weighted by atomic mass is 32.1. The fraction of sp³-hybridized carbons (Fsp3) is 0.133. The molecule has 0 saturated heterocycles. The third-order valence-electron chi connectivity index (χ3n) is 3.36. The predicted molar refractivity (Wildman–Crippen MR) is 88.7 cm³/mol. The molecule has 22 heavy (non-hydrogen) atoms. The molecule has 5 nitrogen and oxygen atoms in total. The SMILES string of the molecule is O=C(NCCc1ccccn1)c1cc2c(nc3sccn32)s1. The van der Waals surface area contributed by atoms with E-state index in [9.17, 15) is 4.79 Å². The number of carbonyl (C=O) groups excluding carboxylic acids is 1. The zero-order chi connectivity index (χ0) is 14.9. The minimum Gasteiger partial charge on any atom is -0.351 e. The number of rotatable bonds is 4. The monoisotopic (exact) mass is 328 g/mol.